The number of H-pyrrole nitrogens is 1. The van der Waals surface area contributed by atoms with Crippen molar-refractivity contribution in [3.05, 3.63) is 18.0 Å². The van der Waals surface area contributed by atoms with Crippen LogP contribution >= 0.6 is 11.8 Å². The number of hydrogen-bond acceptors (Lipinski definition) is 5. The van der Waals surface area contributed by atoms with Gasteiger partial charge >= 0.3 is 5.97 Å². The van der Waals surface area contributed by atoms with Gasteiger partial charge in [-0.15, -0.1) is 0 Å². The van der Waals surface area contributed by atoms with Crippen molar-refractivity contribution in [1.29, 1.82) is 0 Å². The van der Waals surface area contributed by atoms with Gasteiger partial charge in [0, 0.05) is 36.8 Å². The fraction of sp³-hybridized carbons (Fsp3) is 0.600. The van der Waals surface area contributed by atoms with E-state index in [0.29, 0.717) is 25.9 Å². The Hall–Kier alpha value is -1.52. The Bertz CT molecular complexity index is 755. The highest BCUT2D eigenvalue weighted by atomic mass is 32.2. The molecule has 0 spiro atoms. The standard InChI is InChI=1S/C15H21N3O5S2/c19-14(17-12-3-1-2-11(12)15(20)21)13-8-10(9-16-13)25(22,23)18-4-6-24-7-5-18/h8-9,11-12,16H,1-7H2,(H,17,19)(H,20,21)/t11-,12+/m1/s1. The number of carboxylic acid groups (broad SMARTS) is 1. The molecule has 0 radical (unpaired) electrons. The summed E-state index contributed by atoms with van der Waals surface area (Å²) in [5.74, 6) is -0.466. The molecule has 0 aromatic carbocycles. The molecule has 1 saturated carbocycles. The van der Waals surface area contributed by atoms with Gasteiger partial charge in [-0.05, 0) is 18.9 Å². The first-order valence-electron chi connectivity index (χ1n) is 8.19. The van der Waals surface area contributed by atoms with E-state index >= 15 is 0 Å². The van der Waals surface area contributed by atoms with E-state index < -0.39 is 33.9 Å². The molecule has 138 valence electrons. The summed E-state index contributed by atoms with van der Waals surface area (Å²) in [7, 11) is -3.61. The zero-order chi connectivity index (χ0) is 18.0. The van der Waals surface area contributed by atoms with E-state index in [1.165, 1.54) is 16.6 Å². The maximum absolute atomic E-state index is 12.6. The Balaban J connectivity index is 1.70. The van der Waals surface area contributed by atoms with Crippen LogP contribution in [-0.2, 0) is 14.8 Å². The minimum atomic E-state index is -3.61. The molecule has 8 nitrogen and oxygen atoms in total. The highest BCUT2D eigenvalue weighted by molar-refractivity contribution is 7.99. The predicted molar refractivity (Wildman–Crippen MR) is 93.1 cm³/mol. The van der Waals surface area contributed by atoms with Gasteiger partial charge in [-0.3, -0.25) is 9.59 Å². The van der Waals surface area contributed by atoms with Crippen molar-refractivity contribution < 1.29 is 23.1 Å². The van der Waals surface area contributed by atoms with E-state index in [2.05, 4.69) is 10.3 Å². The molecule has 1 saturated heterocycles. The first-order valence-corrected chi connectivity index (χ1v) is 10.8. The molecule has 10 heteroatoms. The molecule has 1 aromatic heterocycles. The lowest BCUT2D eigenvalue weighted by Crippen LogP contribution is -2.40. The Labute approximate surface area is 150 Å². The molecule has 0 unspecified atom stereocenters. The average Bonchev–Trinajstić information content (AvgIpc) is 3.25. The van der Waals surface area contributed by atoms with Crippen LogP contribution in [0.4, 0.5) is 0 Å². The zero-order valence-corrected chi connectivity index (χ0v) is 15.2. The summed E-state index contributed by atoms with van der Waals surface area (Å²) in [4.78, 5) is 26.3. The van der Waals surface area contributed by atoms with Crippen molar-refractivity contribution in [3.63, 3.8) is 0 Å². The summed E-state index contributed by atoms with van der Waals surface area (Å²) in [5.41, 5.74) is 0.126. The monoisotopic (exact) mass is 387 g/mol. The van der Waals surface area contributed by atoms with Crippen LogP contribution in [0.15, 0.2) is 17.2 Å². The summed E-state index contributed by atoms with van der Waals surface area (Å²) in [6, 6.07) is 0.893. The van der Waals surface area contributed by atoms with Crippen LogP contribution in [0.3, 0.4) is 0 Å². The van der Waals surface area contributed by atoms with Crippen LogP contribution in [0.2, 0.25) is 0 Å². The van der Waals surface area contributed by atoms with Crippen LogP contribution < -0.4 is 5.32 Å². The Kier molecular flexibility index (Phi) is 5.40. The summed E-state index contributed by atoms with van der Waals surface area (Å²) in [5, 5.41) is 11.9. The van der Waals surface area contributed by atoms with Crippen LogP contribution in [0.1, 0.15) is 29.8 Å². The van der Waals surface area contributed by atoms with Crippen LogP contribution in [0, 0.1) is 5.92 Å². The molecule has 1 aliphatic heterocycles. The highest BCUT2D eigenvalue weighted by Gasteiger charge is 2.34. The second-order valence-electron chi connectivity index (χ2n) is 6.22. The van der Waals surface area contributed by atoms with E-state index in [0.717, 1.165) is 17.9 Å². The number of aromatic amines is 1. The highest BCUT2D eigenvalue weighted by Crippen LogP contribution is 2.26. The molecular formula is C15H21N3O5S2. The number of thioether (sulfide) groups is 1. The smallest absolute Gasteiger partial charge is 0.308 e. The maximum Gasteiger partial charge on any atom is 0.308 e. The molecule has 3 rings (SSSR count). The number of hydrogen-bond donors (Lipinski definition) is 3. The number of nitrogens with one attached hydrogen (secondary N) is 2. The molecule has 1 aliphatic carbocycles. The molecule has 2 atom stereocenters. The average molecular weight is 387 g/mol. The van der Waals surface area contributed by atoms with Gasteiger partial charge in [0.05, 0.1) is 5.92 Å². The van der Waals surface area contributed by atoms with Crippen LogP contribution in [0.25, 0.3) is 0 Å². The van der Waals surface area contributed by atoms with Crippen molar-refractivity contribution in [1.82, 2.24) is 14.6 Å². The topological polar surface area (TPSA) is 120 Å². The molecule has 25 heavy (non-hydrogen) atoms. The van der Waals surface area contributed by atoms with E-state index in [4.69, 9.17) is 0 Å². The van der Waals surface area contributed by atoms with Gasteiger partial charge in [-0.25, -0.2) is 8.42 Å². The fourth-order valence-corrected chi connectivity index (χ4v) is 5.84. The van der Waals surface area contributed by atoms with Gasteiger partial charge in [0.25, 0.3) is 5.91 Å². The third-order valence-electron chi connectivity index (χ3n) is 4.66. The Morgan fingerprint density at radius 1 is 1.28 bits per heavy atom. The summed E-state index contributed by atoms with van der Waals surface area (Å²) in [6.07, 6.45) is 3.21. The first kappa shape index (κ1) is 18.3. The van der Waals surface area contributed by atoms with Gasteiger partial charge in [0.15, 0.2) is 0 Å². The minimum absolute atomic E-state index is 0.0609. The number of carbonyl (C=O) groups excluding carboxylic acids is 1. The van der Waals surface area contributed by atoms with Crippen LogP contribution in [0.5, 0.6) is 0 Å². The van der Waals surface area contributed by atoms with Crippen molar-refractivity contribution in [3.8, 4) is 0 Å². The van der Waals surface area contributed by atoms with Crippen molar-refractivity contribution in [2.75, 3.05) is 24.6 Å². The van der Waals surface area contributed by atoms with E-state index in [-0.39, 0.29) is 10.6 Å². The van der Waals surface area contributed by atoms with Gasteiger partial charge in [-0.1, -0.05) is 6.42 Å². The lowest BCUT2D eigenvalue weighted by atomic mass is 10.0. The van der Waals surface area contributed by atoms with Crippen molar-refractivity contribution >= 4 is 33.7 Å². The lowest BCUT2D eigenvalue weighted by molar-refractivity contribution is -0.142. The van der Waals surface area contributed by atoms with Crippen molar-refractivity contribution in [2.24, 2.45) is 5.92 Å². The number of sulfonamides is 1. The molecule has 0 bridgehead atoms. The van der Waals surface area contributed by atoms with E-state index in [9.17, 15) is 23.1 Å². The van der Waals surface area contributed by atoms with Gasteiger partial charge < -0.3 is 15.4 Å². The molecule has 2 aliphatic rings. The molecule has 1 amide bonds. The predicted octanol–water partition coefficient (Wildman–Crippen LogP) is 0.735. The summed E-state index contributed by atoms with van der Waals surface area (Å²) >= 11 is 1.71. The normalized spacial score (nSPS) is 25.0. The minimum Gasteiger partial charge on any atom is -0.481 e. The number of aliphatic carboxylic acids is 1. The number of amides is 1. The zero-order valence-electron chi connectivity index (χ0n) is 13.6. The SMILES string of the molecule is O=C(N[C@H]1CCC[C@H]1C(=O)O)c1cc(S(=O)(=O)N2CCSCC2)c[nH]1. The largest absolute Gasteiger partial charge is 0.481 e. The fourth-order valence-electron chi connectivity index (χ4n) is 3.27. The number of carbonyl (C=O) groups is 2. The molecule has 1 aromatic rings. The number of carboxylic acids is 1. The second-order valence-corrected chi connectivity index (χ2v) is 9.38. The van der Waals surface area contributed by atoms with Gasteiger partial charge in [-0.2, -0.15) is 16.1 Å². The maximum atomic E-state index is 12.6. The molecular weight excluding hydrogens is 366 g/mol. The van der Waals surface area contributed by atoms with Gasteiger partial charge in [0.1, 0.15) is 10.6 Å². The quantitative estimate of drug-likeness (QED) is 0.685. The van der Waals surface area contributed by atoms with Gasteiger partial charge in [0.2, 0.25) is 10.0 Å². The van der Waals surface area contributed by atoms with Crippen molar-refractivity contribution in [2.45, 2.75) is 30.2 Å². The molecule has 2 heterocycles. The number of aromatic nitrogens is 1. The summed E-state index contributed by atoms with van der Waals surface area (Å²) in [6.45, 7) is 0.921. The Morgan fingerprint density at radius 3 is 2.68 bits per heavy atom. The Morgan fingerprint density at radius 2 is 2.00 bits per heavy atom. The summed E-state index contributed by atoms with van der Waals surface area (Å²) < 4.78 is 26.6. The van der Waals surface area contributed by atoms with Crippen LogP contribution in [-0.4, -0.2) is 65.3 Å². The second kappa shape index (κ2) is 7.38. The third kappa shape index (κ3) is 3.85. The number of nitrogens with zero attached hydrogens (tertiary/aromatic N) is 1. The number of rotatable bonds is 5. The third-order valence-corrected chi connectivity index (χ3v) is 7.48. The van der Waals surface area contributed by atoms with E-state index in [1.54, 1.807) is 11.8 Å². The first-order chi connectivity index (χ1) is 11.9. The lowest BCUT2D eigenvalue weighted by Gasteiger charge is -2.24. The molecule has 3 N–H and O–H groups in total. The molecule has 2 fully saturated rings. The van der Waals surface area contributed by atoms with E-state index in [1.807, 2.05) is 0 Å².